The third-order valence-electron chi connectivity index (χ3n) is 3.59. The second-order valence-corrected chi connectivity index (χ2v) is 6.11. The van der Waals surface area contributed by atoms with Crippen molar-refractivity contribution in [1.82, 2.24) is 4.90 Å². The van der Waals surface area contributed by atoms with Crippen LogP contribution in [0.5, 0.6) is 0 Å². The third kappa shape index (κ3) is 3.62. The Morgan fingerprint density at radius 1 is 1.50 bits per heavy atom. The number of nitrogens with zero attached hydrogens (tertiary/aromatic N) is 2. The highest BCUT2D eigenvalue weighted by molar-refractivity contribution is 9.10. The van der Waals surface area contributed by atoms with E-state index in [1.165, 1.54) is 30.0 Å². The molecule has 118 valence electrons. The molecule has 1 aromatic carbocycles. The van der Waals surface area contributed by atoms with Gasteiger partial charge in [0.25, 0.3) is 5.69 Å². The maximum atomic E-state index is 12.4. The summed E-state index contributed by atoms with van der Waals surface area (Å²) >= 11 is 3.22. The molecule has 0 aliphatic heterocycles. The van der Waals surface area contributed by atoms with Crippen molar-refractivity contribution in [2.24, 2.45) is 0 Å². The molecule has 1 fully saturated rings. The fourth-order valence-electron chi connectivity index (χ4n) is 2.25. The van der Waals surface area contributed by atoms with E-state index >= 15 is 0 Å². The predicted octanol–water partition coefficient (Wildman–Crippen LogP) is 2.36. The Bertz CT molecular complexity index is 630. The van der Waals surface area contributed by atoms with E-state index in [0.717, 1.165) is 12.8 Å². The van der Waals surface area contributed by atoms with E-state index in [1.54, 1.807) is 0 Å². The number of carboxylic acid groups (broad SMARTS) is 1. The van der Waals surface area contributed by atoms with Crippen molar-refractivity contribution in [3.8, 4) is 0 Å². The van der Waals surface area contributed by atoms with Crippen LogP contribution in [0.1, 0.15) is 25.3 Å². The molecule has 1 amide bonds. The highest BCUT2D eigenvalue weighted by Crippen LogP contribution is 2.30. The van der Waals surface area contributed by atoms with Crippen molar-refractivity contribution >= 4 is 33.5 Å². The molecule has 1 aliphatic rings. The van der Waals surface area contributed by atoms with Gasteiger partial charge in [-0.05, 0) is 25.3 Å². The van der Waals surface area contributed by atoms with Gasteiger partial charge >= 0.3 is 5.97 Å². The minimum atomic E-state index is -1.04. The summed E-state index contributed by atoms with van der Waals surface area (Å²) < 4.78 is 0.466. The van der Waals surface area contributed by atoms with E-state index in [4.69, 9.17) is 5.11 Å². The lowest BCUT2D eigenvalue weighted by Crippen LogP contribution is -2.45. The highest BCUT2D eigenvalue weighted by atomic mass is 79.9. The van der Waals surface area contributed by atoms with Gasteiger partial charge in [0.2, 0.25) is 5.91 Å². The topological polar surface area (TPSA) is 101 Å². The van der Waals surface area contributed by atoms with E-state index in [9.17, 15) is 19.7 Å². The summed E-state index contributed by atoms with van der Waals surface area (Å²) in [5.74, 6) is -1.32. The second-order valence-electron chi connectivity index (χ2n) is 5.26. The molecule has 0 spiro atoms. The van der Waals surface area contributed by atoms with Crippen LogP contribution in [0.25, 0.3) is 0 Å². The number of carbonyl (C=O) groups is 2. The molecule has 0 heterocycles. The summed E-state index contributed by atoms with van der Waals surface area (Å²) in [7, 11) is 0. The Morgan fingerprint density at radius 3 is 2.59 bits per heavy atom. The van der Waals surface area contributed by atoms with Crippen LogP contribution < -0.4 is 0 Å². The van der Waals surface area contributed by atoms with Crippen molar-refractivity contribution < 1.29 is 19.6 Å². The summed E-state index contributed by atoms with van der Waals surface area (Å²) in [4.78, 5) is 35.1. The van der Waals surface area contributed by atoms with Crippen molar-refractivity contribution in [2.45, 2.75) is 38.3 Å². The number of non-ortho nitro benzene ring substituents is 1. The van der Waals surface area contributed by atoms with E-state index in [2.05, 4.69) is 15.9 Å². The van der Waals surface area contributed by atoms with Gasteiger partial charge in [0.05, 0.1) is 11.3 Å². The smallest absolute Gasteiger partial charge is 0.326 e. The van der Waals surface area contributed by atoms with Crippen LogP contribution in [-0.4, -0.2) is 38.9 Å². The second kappa shape index (κ2) is 6.43. The Kier molecular flexibility index (Phi) is 4.80. The average molecular weight is 371 g/mol. The molecule has 22 heavy (non-hydrogen) atoms. The number of hydrogen-bond acceptors (Lipinski definition) is 4. The Balaban J connectivity index is 2.16. The summed E-state index contributed by atoms with van der Waals surface area (Å²) in [6.07, 6.45) is 1.63. The molecule has 0 saturated heterocycles. The average Bonchev–Trinajstić information content (AvgIpc) is 3.25. The van der Waals surface area contributed by atoms with Gasteiger partial charge < -0.3 is 10.0 Å². The first-order chi connectivity index (χ1) is 10.3. The Morgan fingerprint density at radius 2 is 2.14 bits per heavy atom. The van der Waals surface area contributed by atoms with Crippen LogP contribution in [0.3, 0.4) is 0 Å². The van der Waals surface area contributed by atoms with Gasteiger partial charge in [-0.15, -0.1) is 0 Å². The number of benzene rings is 1. The molecule has 0 bridgehead atoms. The van der Waals surface area contributed by atoms with Crippen LogP contribution in [0, 0.1) is 10.1 Å². The van der Waals surface area contributed by atoms with Gasteiger partial charge in [0, 0.05) is 22.6 Å². The quantitative estimate of drug-likeness (QED) is 0.611. The van der Waals surface area contributed by atoms with Crippen LogP contribution in [0.2, 0.25) is 0 Å². The number of carbonyl (C=O) groups excluding carboxylic acids is 1. The van der Waals surface area contributed by atoms with Gasteiger partial charge in [-0.25, -0.2) is 4.79 Å². The largest absolute Gasteiger partial charge is 0.480 e. The lowest BCUT2D eigenvalue weighted by atomic mass is 10.1. The first-order valence-electron chi connectivity index (χ1n) is 6.78. The fourth-order valence-corrected chi connectivity index (χ4v) is 2.76. The van der Waals surface area contributed by atoms with Gasteiger partial charge in [-0.2, -0.15) is 0 Å². The molecule has 1 aromatic rings. The summed E-state index contributed by atoms with van der Waals surface area (Å²) in [6.45, 7) is 1.49. The molecule has 1 unspecified atom stereocenters. The zero-order chi connectivity index (χ0) is 16.4. The monoisotopic (exact) mass is 370 g/mol. The standard InChI is InChI=1S/C14H15BrN2O5/c1-8(14(19)20)16(10-4-5-10)13(18)6-9-2-3-11(17(21)22)7-12(9)15/h2-3,7-8,10H,4-6H2,1H3,(H,19,20). The van der Waals surface area contributed by atoms with E-state index in [0.29, 0.717) is 10.0 Å². The Labute approximate surface area is 135 Å². The van der Waals surface area contributed by atoms with E-state index in [-0.39, 0.29) is 24.1 Å². The van der Waals surface area contributed by atoms with Crippen LogP contribution in [-0.2, 0) is 16.0 Å². The van der Waals surface area contributed by atoms with Gasteiger partial charge in [-0.3, -0.25) is 14.9 Å². The van der Waals surface area contributed by atoms with Gasteiger partial charge in [0.15, 0.2) is 0 Å². The maximum Gasteiger partial charge on any atom is 0.326 e. The fraction of sp³-hybridized carbons (Fsp3) is 0.429. The first-order valence-corrected chi connectivity index (χ1v) is 7.57. The predicted molar refractivity (Wildman–Crippen MR) is 81.5 cm³/mol. The number of nitro benzene ring substituents is 1. The van der Waals surface area contributed by atoms with Gasteiger partial charge in [0.1, 0.15) is 6.04 Å². The van der Waals surface area contributed by atoms with Crippen molar-refractivity contribution in [2.75, 3.05) is 0 Å². The lowest BCUT2D eigenvalue weighted by Gasteiger charge is -2.26. The molecule has 8 heteroatoms. The molecule has 1 N–H and O–H groups in total. The SMILES string of the molecule is CC(C(=O)O)N(C(=O)Cc1ccc([N+](=O)[O-])cc1Br)C1CC1. The number of amides is 1. The molecule has 0 radical (unpaired) electrons. The van der Waals surface area contributed by atoms with Crippen molar-refractivity contribution in [1.29, 1.82) is 0 Å². The molecule has 0 aromatic heterocycles. The zero-order valence-electron chi connectivity index (χ0n) is 11.9. The molecule has 2 rings (SSSR count). The van der Waals surface area contributed by atoms with Crippen molar-refractivity contribution in [3.05, 3.63) is 38.3 Å². The zero-order valence-corrected chi connectivity index (χ0v) is 13.4. The van der Waals surface area contributed by atoms with E-state index in [1.807, 2.05) is 0 Å². The minimum Gasteiger partial charge on any atom is -0.480 e. The van der Waals surface area contributed by atoms with Crippen LogP contribution in [0.4, 0.5) is 5.69 Å². The number of hydrogen-bond donors (Lipinski definition) is 1. The van der Waals surface area contributed by atoms with Crippen molar-refractivity contribution in [3.63, 3.8) is 0 Å². The number of carboxylic acids is 1. The molecule has 1 saturated carbocycles. The normalized spacial score (nSPS) is 15.2. The molecule has 1 atom stereocenters. The molecule has 1 aliphatic carbocycles. The lowest BCUT2D eigenvalue weighted by molar-refractivity contribution is -0.384. The third-order valence-corrected chi connectivity index (χ3v) is 4.33. The Hall–Kier alpha value is -1.96. The molecular weight excluding hydrogens is 356 g/mol. The van der Waals surface area contributed by atoms with Crippen LogP contribution >= 0.6 is 15.9 Å². The molecule has 7 nitrogen and oxygen atoms in total. The van der Waals surface area contributed by atoms with Crippen LogP contribution in [0.15, 0.2) is 22.7 Å². The van der Waals surface area contributed by atoms with Gasteiger partial charge in [-0.1, -0.05) is 22.0 Å². The highest BCUT2D eigenvalue weighted by Gasteiger charge is 2.38. The maximum absolute atomic E-state index is 12.4. The number of nitro groups is 1. The summed E-state index contributed by atoms with van der Waals surface area (Å²) in [5.41, 5.74) is 0.528. The minimum absolute atomic E-state index is 0.00664. The van der Waals surface area contributed by atoms with E-state index < -0.39 is 16.9 Å². The first kappa shape index (κ1) is 16.4. The number of rotatable bonds is 6. The number of halogens is 1. The number of aliphatic carboxylic acids is 1. The molecular formula is C14H15BrN2O5. The summed E-state index contributed by atoms with van der Waals surface area (Å²) in [5, 5.41) is 19.8. The summed E-state index contributed by atoms with van der Waals surface area (Å²) in [6, 6.07) is 3.28.